The van der Waals surface area contributed by atoms with E-state index in [9.17, 15) is 10.1 Å². The van der Waals surface area contributed by atoms with Gasteiger partial charge in [0.15, 0.2) is 0 Å². The van der Waals surface area contributed by atoms with Gasteiger partial charge in [0, 0.05) is 18.3 Å². The molecule has 0 radical (unpaired) electrons. The molecule has 1 aromatic carbocycles. The number of nitrogens with zero attached hydrogens (tertiary/aromatic N) is 4. The van der Waals surface area contributed by atoms with Crippen molar-refractivity contribution in [2.24, 2.45) is 0 Å². The van der Waals surface area contributed by atoms with Crippen LogP contribution in [0.5, 0.6) is 5.75 Å². The second-order valence-electron chi connectivity index (χ2n) is 6.04. The van der Waals surface area contributed by atoms with Crippen LogP contribution in [0.1, 0.15) is 26.2 Å². The zero-order valence-electron chi connectivity index (χ0n) is 14.3. The Morgan fingerprint density at radius 1 is 1.28 bits per heavy atom. The largest absolute Gasteiger partial charge is 0.497 e. The Morgan fingerprint density at radius 3 is 2.68 bits per heavy atom. The number of hydrogen-bond acceptors (Lipinski definition) is 7. The SMILES string of the molecule is COc1ccc(Nc2ncnc(N3CCCCC3C)c2[N+](=O)[O-])cc1. The maximum absolute atomic E-state index is 11.7. The lowest BCUT2D eigenvalue weighted by atomic mass is 10.0. The van der Waals surface area contributed by atoms with Crippen LogP contribution < -0.4 is 15.0 Å². The van der Waals surface area contributed by atoms with Crippen molar-refractivity contribution < 1.29 is 9.66 Å². The number of rotatable bonds is 5. The summed E-state index contributed by atoms with van der Waals surface area (Å²) in [6.07, 6.45) is 4.51. The van der Waals surface area contributed by atoms with Crippen molar-refractivity contribution in [1.29, 1.82) is 0 Å². The molecule has 1 unspecified atom stereocenters. The van der Waals surface area contributed by atoms with Crippen molar-refractivity contribution >= 4 is 23.0 Å². The molecule has 25 heavy (non-hydrogen) atoms. The fourth-order valence-electron chi connectivity index (χ4n) is 3.06. The van der Waals surface area contributed by atoms with Crippen LogP contribution >= 0.6 is 0 Å². The molecule has 0 amide bonds. The van der Waals surface area contributed by atoms with E-state index in [1.165, 1.54) is 6.33 Å². The molecular weight excluding hydrogens is 322 g/mol. The summed E-state index contributed by atoms with van der Waals surface area (Å²) in [5.74, 6) is 1.28. The number of ether oxygens (including phenoxy) is 1. The maximum atomic E-state index is 11.7. The van der Waals surface area contributed by atoms with Crippen molar-refractivity contribution in [3.63, 3.8) is 0 Å². The Labute approximate surface area is 146 Å². The fourth-order valence-corrected chi connectivity index (χ4v) is 3.06. The minimum Gasteiger partial charge on any atom is -0.497 e. The van der Waals surface area contributed by atoms with Gasteiger partial charge in [0.25, 0.3) is 0 Å². The molecule has 132 valence electrons. The van der Waals surface area contributed by atoms with Gasteiger partial charge in [-0.15, -0.1) is 0 Å². The van der Waals surface area contributed by atoms with Crippen LogP contribution in [-0.4, -0.2) is 34.6 Å². The summed E-state index contributed by atoms with van der Waals surface area (Å²) >= 11 is 0. The molecule has 0 aliphatic carbocycles. The second-order valence-corrected chi connectivity index (χ2v) is 6.04. The molecule has 0 spiro atoms. The smallest absolute Gasteiger partial charge is 0.353 e. The van der Waals surface area contributed by atoms with E-state index in [1.54, 1.807) is 31.4 Å². The van der Waals surface area contributed by atoms with Gasteiger partial charge in [0.1, 0.15) is 12.1 Å². The average Bonchev–Trinajstić information content (AvgIpc) is 2.62. The third-order valence-electron chi connectivity index (χ3n) is 4.41. The van der Waals surface area contributed by atoms with Gasteiger partial charge in [-0.2, -0.15) is 0 Å². The number of nitrogens with one attached hydrogen (secondary N) is 1. The zero-order valence-corrected chi connectivity index (χ0v) is 14.3. The van der Waals surface area contributed by atoms with Gasteiger partial charge >= 0.3 is 5.69 Å². The standard InChI is InChI=1S/C17H21N5O3/c1-12-5-3-4-10-21(12)17-15(22(23)24)16(18-11-19-17)20-13-6-8-14(25-2)9-7-13/h6-9,11-12H,3-5,10H2,1-2H3,(H,18,19,20). The highest BCUT2D eigenvalue weighted by Crippen LogP contribution is 2.36. The molecule has 0 saturated carbocycles. The minimum absolute atomic E-state index is 0.0907. The summed E-state index contributed by atoms with van der Waals surface area (Å²) in [4.78, 5) is 21.6. The van der Waals surface area contributed by atoms with E-state index >= 15 is 0 Å². The molecule has 1 N–H and O–H groups in total. The number of piperidine rings is 1. The Bertz CT molecular complexity index is 750. The first-order valence-electron chi connectivity index (χ1n) is 8.27. The number of methoxy groups -OCH3 is 1. The number of hydrogen-bond donors (Lipinski definition) is 1. The van der Waals surface area contributed by atoms with E-state index in [1.807, 2.05) is 4.90 Å². The maximum Gasteiger partial charge on any atom is 0.353 e. The van der Waals surface area contributed by atoms with E-state index < -0.39 is 4.92 Å². The van der Waals surface area contributed by atoms with Crippen molar-refractivity contribution in [2.75, 3.05) is 23.9 Å². The molecule has 1 saturated heterocycles. The molecule has 8 nitrogen and oxygen atoms in total. The molecule has 8 heteroatoms. The van der Waals surface area contributed by atoms with Crippen molar-refractivity contribution in [3.05, 3.63) is 40.7 Å². The molecule has 1 aliphatic rings. The lowest BCUT2D eigenvalue weighted by molar-refractivity contribution is -0.383. The molecular formula is C17H21N5O3. The quantitative estimate of drug-likeness (QED) is 0.656. The predicted octanol–water partition coefficient (Wildman–Crippen LogP) is 3.52. The first kappa shape index (κ1) is 16.9. The van der Waals surface area contributed by atoms with Crippen molar-refractivity contribution in [2.45, 2.75) is 32.2 Å². The molecule has 2 heterocycles. The predicted molar refractivity (Wildman–Crippen MR) is 95.6 cm³/mol. The monoisotopic (exact) mass is 343 g/mol. The summed E-state index contributed by atoms with van der Waals surface area (Å²) in [6.45, 7) is 2.84. The van der Waals surface area contributed by atoms with Gasteiger partial charge in [-0.3, -0.25) is 10.1 Å². The van der Waals surface area contributed by atoms with Crippen LogP contribution in [0.2, 0.25) is 0 Å². The lowest BCUT2D eigenvalue weighted by Crippen LogP contribution is -2.38. The van der Waals surface area contributed by atoms with Gasteiger partial charge in [0.05, 0.1) is 12.0 Å². The number of nitro groups is 1. The van der Waals surface area contributed by atoms with Gasteiger partial charge in [-0.1, -0.05) is 0 Å². The van der Waals surface area contributed by atoms with E-state index in [-0.39, 0.29) is 17.5 Å². The third-order valence-corrected chi connectivity index (χ3v) is 4.41. The van der Waals surface area contributed by atoms with Gasteiger partial charge in [0.2, 0.25) is 11.6 Å². The molecule has 3 rings (SSSR count). The lowest BCUT2D eigenvalue weighted by Gasteiger charge is -2.33. The molecule has 1 aromatic heterocycles. The second kappa shape index (κ2) is 7.33. The molecule has 1 atom stereocenters. The molecule has 2 aromatic rings. The Hall–Kier alpha value is -2.90. The average molecular weight is 343 g/mol. The highest BCUT2D eigenvalue weighted by molar-refractivity contribution is 5.74. The Balaban J connectivity index is 1.95. The van der Waals surface area contributed by atoms with E-state index in [2.05, 4.69) is 22.2 Å². The minimum atomic E-state index is -0.414. The highest BCUT2D eigenvalue weighted by Gasteiger charge is 2.30. The summed E-state index contributed by atoms with van der Waals surface area (Å²) in [6, 6.07) is 7.35. The van der Waals surface area contributed by atoms with Gasteiger partial charge < -0.3 is 15.0 Å². The fraction of sp³-hybridized carbons (Fsp3) is 0.412. The summed E-state index contributed by atoms with van der Waals surface area (Å²) in [7, 11) is 1.59. The van der Waals surface area contributed by atoms with Crippen LogP contribution in [-0.2, 0) is 0 Å². The molecule has 0 bridgehead atoms. The van der Waals surface area contributed by atoms with E-state index in [0.29, 0.717) is 17.3 Å². The number of benzene rings is 1. The summed E-state index contributed by atoms with van der Waals surface area (Å²) in [5, 5.41) is 14.7. The molecule has 1 fully saturated rings. The van der Waals surface area contributed by atoms with Crippen molar-refractivity contribution in [3.8, 4) is 5.75 Å². The van der Waals surface area contributed by atoms with E-state index in [4.69, 9.17) is 4.74 Å². The van der Waals surface area contributed by atoms with Crippen LogP contribution in [0.4, 0.5) is 23.0 Å². The van der Waals surface area contributed by atoms with Crippen LogP contribution in [0.3, 0.4) is 0 Å². The van der Waals surface area contributed by atoms with Crippen LogP contribution in [0.15, 0.2) is 30.6 Å². The molecule has 1 aliphatic heterocycles. The van der Waals surface area contributed by atoms with Crippen LogP contribution in [0, 0.1) is 10.1 Å². The number of anilines is 3. The zero-order chi connectivity index (χ0) is 17.8. The van der Waals surface area contributed by atoms with E-state index in [0.717, 1.165) is 25.8 Å². The Morgan fingerprint density at radius 2 is 2.04 bits per heavy atom. The first-order chi connectivity index (χ1) is 12.1. The van der Waals surface area contributed by atoms with Gasteiger partial charge in [-0.05, 0) is 50.5 Å². The topological polar surface area (TPSA) is 93.4 Å². The van der Waals surface area contributed by atoms with Gasteiger partial charge in [-0.25, -0.2) is 9.97 Å². The highest BCUT2D eigenvalue weighted by atomic mass is 16.6. The Kier molecular flexibility index (Phi) is 4.97. The van der Waals surface area contributed by atoms with Crippen LogP contribution in [0.25, 0.3) is 0 Å². The number of aromatic nitrogens is 2. The third kappa shape index (κ3) is 3.62. The first-order valence-corrected chi connectivity index (χ1v) is 8.27. The summed E-state index contributed by atoms with van der Waals surface area (Å²) in [5.41, 5.74) is 0.604. The normalized spacial score (nSPS) is 17.2. The van der Waals surface area contributed by atoms with Crippen molar-refractivity contribution in [1.82, 2.24) is 9.97 Å². The summed E-state index contributed by atoms with van der Waals surface area (Å²) < 4.78 is 5.12.